The van der Waals surface area contributed by atoms with Crippen LogP contribution in [0.1, 0.15) is 17.5 Å². The van der Waals surface area contributed by atoms with Gasteiger partial charge >= 0.3 is 6.03 Å². The molecule has 0 atom stereocenters. The van der Waals surface area contributed by atoms with Crippen molar-refractivity contribution in [3.05, 3.63) is 58.6 Å². The van der Waals surface area contributed by atoms with Gasteiger partial charge in [-0.25, -0.2) is 10.2 Å². The summed E-state index contributed by atoms with van der Waals surface area (Å²) < 4.78 is 11.3. The van der Waals surface area contributed by atoms with Gasteiger partial charge in [-0.1, -0.05) is 23.7 Å². The number of aryl methyl sites for hydroxylation is 1. The lowest BCUT2D eigenvalue weighted by atomic mass is 10.2. The number of ether oxygens (including phenoxy) is 2. The first-order valence-corrected chi connectivity index (χ1v) is 8.13. The minimum atomic E-state index is -0.709. The summed E-state index contributed by atoms with van der Waals surface area (Å²) in [7, 11) is 0. The monoisotopic (exact) mass is 361 g/mol. The Bertz CT molecular complexity index is 750. The topological polar surface area (TPSA) is 85.9 Å². The molecule has 0 aliphatic rings. The lowest BCUT2D eigenvalue weighted by Gasteiger charge is -2.09. The van der Waals surface area contributed by atoms with Gasteiger partial charge < -0.3 is 15.2 Å². The van der Waals surface area contributed by atoms with Gasteiger partial charge in [0.25, 0.3) is 0 Å². The third kappa shape index (κ3) is 6.73. The molecule has 6 nitrogen and oxygen atoms in total. The molecule has 3 N–H and O–H groups in total. The Morgan fingerprint density at radius 1 is 1.20 bits per heavy atom. The lowest BCUT2D eigenvalue weighted by molar-refractivity contribution is 0.247. The van der Waals surface area contributed by atoms with Gasteiger partial charge in [0, 0.05) is 11.4 Å². The minimum absolute atomic E-state index is 0.521. The van der Waals surface area contributed by atoms with E-state index in [1.807, 2.05) is 49.4 Å². The maximum Gasteiger partial charge on any atom is 0.332 e. The van der Waals surface area contributed by atoms with Crippen LogP contribution in [0, 0.1) is 6.92 Å². The first kappa shape index (κ1) is 18.6. The van der Waals surface area contributed by atoms with E-state index < -0.39 is 6.03 Å². The highest BCUT2D eigenvalue weighted by Crippen LogP contribution is 2.21. The van der Waals surface area contributed by atoms with Gasteiger partial charge in [-0.2, -0.15) is 5.10 Å². The third-order valence-corrected chi connectivity index (χ3v) is 3.63. The molecule has 0 unspecified atom stereocenters. The SMILES string of the molecule is Cc1cc(OCCCOc2cccc(C=NNC(N)=O)c2)ccc1Cl. The predicted molar refractivity (Wildman–Crippen MR) is 98.6 cm³/mol. The normalized spacial score (nSPS) is 10.6. The summed E-state index contributed by atoms with van der Waals surface area (Å²) in [5, 5.41) is 4.43. The average Bonchev–Trinajstić information content (AvgIpc) is 2.58. The van der Waals surface area contributed by atoms with Crippen molar-refractivity contribution in [1.82, 2.24) is 5.43 Å². The standard InChI is InChI=1S/C18H20ClN3O3/c1-13-10-16(6-7-17(13)19)25-9-3-8-24-15-5-2-4-14(11-15)12-21-22-18(20)23/h2,4-7,10-12H,3,8-9H2,1H3,(H3,20,22,23). The molecule has 25 heavy (non-hydrogen) atoms. The fraction of sp³-hybridized carbons (Fsp3) is 0.222. The van der Waals surface area contributed by atoms with Gasteiger partial charge in [-0.05, 0) is 48.4 Å². The lowest BCUT2D eigenvalue weighted by Crippen LogP contribution is -2.24. The molecule has 2 aromatic rings. The number of nitrogens with zero attached hydrogens (tertiary/aromatic N) is 1. The molecule has 0 radical (unpaired) electrons. The van der Waals surface area contributed by atoms with Crippen molar-refractivity contribution >= 4 is 23.8 Å². The van der Waals surface area contributed by atoms with Crippen LogP contribution in [-0.2, 0) is 0 Å². The van der Waals surface area contributed by atoms with E-state index in [2.05, 4.69) is 10.5 Å². The summed E-state index contributed by atoms with van der Waals surface area (Å²) in [5.41, 5.74) is 8.85. The van der Waals surface area contributed by atoms with Gasteiger partial charge in [-0.3, -0.25) is 0 Å². The number of amides is 2. The van der Waals surface area contributed by atoms with Crippen molar-refractivity contribution in [1.29, 1.82) is 0 Å². The van der Waals surface area contributed by atoms with Gasteiger partial charge in [0.1, 0.15) is 11.5 Å². The van der Waals surface area contributed by atoms with E-state index in [4.69, 9.17) is 26.8 Å². The number of benzene rings is 2. The number of halogens is 1. The highest BCUT2D eigenvalue weighted by atomic mass is 35.5. The van der Waals surface area contributed by atoms with Crippen LogP contribution in [0.2, 0.25) is 5.02 Å². The molecule has 2 rings (SSSR count). The largest absolute Gasteiger partial charge is 0.493 e. The number of primary amides is 1. The van der Waals surface area contributed by atoms with E-state index in [1.165, 1.54) is 6.21 Å². The molecule has 0 spiro atoms. The molecule has 0 heterocycles. The van der Waals surface area contributed by atoms with Crippen molar-refractivity contribution in [3.8, 4) is 11.5 Å². The van der Waals surface area contributed by atoms with Crippen molar-refractivity contribution in [3.63, 3.8) is 0 Å². The predicted octanol–water partition coefficient (Wildman–Crippen LogP) is 3.50. The zero-order valence-corrected chi connectivity index (χ0v) is 14.6. The van der Waals surface area contributed by atoms with Crippen LogP contribution in [-0.4, -0.2) is 25.5 Å². The molecule has 0 aliphatic carbocycles. The molecular formula is C18H20ClN3O3. The molecule has 2 amide bonds. The minimum Gasteiger partial charge on any atom is -0.493 e. The second kappa shape index (κ2) is 9.54. The highest BCUT2D eigenvalue weighted by Gasteiger charge is 2.00. The smallest absolute Gasteiger partial charge is 0.332 e. The van der Waals surface area contributed by atoms with Crippen LogP contribution >= 0.6 is 11.6 Å². The van der Waals surface area contributed by atoms with E-state index in [-0.39, 0.29) is 0 Å². The summed E-state index contributed by atoms with van der Waals surface area (Å²) in [6.45, 7) is 3.00. The highest BCUT2D eigenvalue weighted by molar-refractivity contribution is 6.31. The summed E-state index contributed by atoms with van der Waals surface area (Å²) in [4.78, 5) is 10.6. The van der Waals surface area contributed by atoms with E-state index in [9.17, 15) is 4.79 Å². The molecule has 0 fully saturated rings. The molecule has 132 valence electrons. The number of carbonyl (C=O) groups is 1. The number of hydrogen-bond acceptors (Lipinski definition) is 4. The molecule has 0 saturated heterocycles. The molecule has 2 aromatic carbocycles. The summed E-state index contributed by atoms with van der Waals surface area (Å²) in [5.74, 6) is 1.51. The van der Waals surface area contributed by atoms with Crippen LogP contribution < -0.4 is 20.6 Å². The maximum atomic E-state index is 10.6. The zero-order chi connectivity index (χ0) is 18.1. The maximum absolute atomic E-state index is 10.6. The summed E-state index contributed by atoms with van der Waals surface area (Å²) >= 11 is 5.98. The first-order valence-electron chi connectivity index (χ1n) is 7.75. The Kier molecular flexibility index (Phi) is 7.10. The zero-order valence-electron chi connectivity index (χ0n) is 13.9. The van der Waals surface area contributed by atoms with E-state index in [0.29, 0.717) is 19.0 Å². The summed E-state index contributed by atoms with van der Waals surface area (Å²) in [6.07, 6.45) is 2.23. The fourth-order valence-electron chi connectivity index (χ4n) is 2.00. The van der Waals surface area contributed by atoms with Crippen LogP contribution in [0.4, 0.5) is 4.79 Å². The molecular weight excluding hydrogens is 342 g/mol. The van der Waals surface area contributed by atoms with Crippen molar-refractivity contribution < 1.29 is 14.3 Å². The summed E-state index contributed by atoms with van der Waals surface area (Å²) in [6, 6.07) is 12.2. The Hall–Kier alpha value is -2.73. The number of nitrogens with one attached hydrogen (secondary N) is 1. The quantitative estimate of drug-likeness (QED) is 0.428. The number of nitrogens with two attached hydrogens (primary N) is 1. The van der Waals surface area contributed by atoms with Gasteiger partial charge in [0.15, 0.2) is 0 Å². The van der Waals surface area contributed by atoms with E-state index in [1.54, 1.807) is 0 Å². The third-order valence-electron chi connectivity index (χ3n) is 3.20. The van der Waals surface area contributed by atoms with Crippen LogP contribution in [0.5, 0.6) is 11.5 Å². The number of hydrogen-bond donors (Lipinski definition) is 2. The number of hydrazone groups is 1. The van der Waals surface area contributed by atoms with Crippen molar-refractivity contribution in [2.24, 2.45) is 10.8 Å². The molecule has 0 aliphatic heterocycles. The molecule has 7 heteroatoms. The second-order valence-corrected chi connectivity index (χ2v) is 5.68. The van der Waals surface area contributed by atoms with Crippen molar-refractivity contribution in [2.45, 2.75) is 13.3 Å². The Morgan fingerprint density at radius 2 is 1.92 bits per heavy atom. The van der Waals surface area contributed by atoms with Crippen LogP contribution in [0.25, 0.3) is 0 Å². The Labute approximate surface area is 151 Å². The van der Waals surface area contributed by atoms with E-state index >= 15 is 0 Å². The van der Waals surface area contributed by atoms with Crippen LogP contribution in [0.15, 0.2) is 47.6 Å². The Balaban J connectivity index is 1.73. The average molecular weight is 362 g/mol. The fourth-order valence-corrected chi connectivity index (χ4v) is 2.12. The first-order chi connectivity index (χ1) is 12.0. The number of rotatable bonds is 8. The molecule has 0 bridgehead atoms. The van der Waals surface area contributed by atoms with Crippen molar-refractivity contribution in [2.75, 3.05) is 13.2 Å². The molecule has 0 aromatic heterocycles. The van der Waals surface area contributed by atoms with Gasteiger partial charge in [0.2, 0.25) is 0 Å². The number of carbonyl (C=O) groups excluding carboxylic acids is 1. The van der Waals surface area contributed by atoms with Gasteiger partial charge in [-0.15, -0.1) is 0 Å². The molecule has 0 saturated carbocycles. The second-order valence-electron chi connectivity index (χ2n) is 5.27. The number of urea groups is 1. The van der Waals surface area contributed by atoms with Gasteiger partial charge in [0.05, 0.1) is 19.4 Å². The van der Waals surface area contributed by atoms with E-state index in [0.717, 1.165) is 28.3 Å². The Morgan fingerprint density at radius 3 is 2.60 bits per heavy atom. The van der Waals surface area contributed by atoms with Crippen LogP contribution in [0.3, 0.4) is 0 Å².